The fraction of sp³-hybridized carbons (Fsp3) is 0.510. The second-order valence-electron chi connectivity index (χ2n) is 39.8. The molecule has 0 atom stereocenters. The summed E-state index contributed by atoms with van der Waals surface area (Å²) >= 11 is 0. The van der Waals surface area contributed by atoms with Gasteiger partial charge in [0.15, 0.2) is 18.6 Å². The number of rotatable bonds is 6. The summed E-state index contributed by atoms with van der Waals surface area (Å²) in [5, 5.41) is 0. The molecule has 6 aromatic carbocycles. The van der Waals surface area contributed by atoms with Gasteiger partial charge >= 0.3 is 0 Å². The Labute approximate surface area is 646 Å². The number of pyridine rings is 3. The smallest absolute Gasteiger partial charge is 0.201 e. The summed E-state index contributed by atoms with van der Waals surface area (Å²) in [4.78, 5) is 0. The Morgan fingerprint density at radius 2 is 0.589 bits per heavy atom. The van der Waals surface area contributed by atoms with E-state index >= 15 is 0 Å². The van der Waals surface area contributed by atoms with Gasteiger partial charge in [-0.15, -0.1) is 0 Å². The lowest BCUT2D eigenvalue weighted by atomic mass is 9.58. The molecule has 0 radical (unpaired) electrons. The topological polar surface area (TPSA) is 11.6 Å². The third kappa shape index (κ3) is 14.0. The molecule has 9 aliphatic carbocycles. The second kappa shape index (κ2) is 28.3. The summed E-state index contributed by atoms with van der Waals surface area (Å²) in [7, 11) is 6.82. The highest BCUT2D eigenvalue weighted by Crippen LogP contribution is 2.59. The minimum Gasteiger partial charge on any atom is -0.201 e. The molecule has 3 spiro atoms. The van der Waals surface area contributed by atoms with Crippen molar-refractivity contribution < 1.29 is 13.7 Å². The number of aromatic nitrogens is 3. The van der Waals surface area contributed by atoms with Gasteiger partial charge in [-0.25, -0.2) is 13.7 Å². The summed E-state index contributed by atoms with van der Waals surface area (Å²) in [5.74, 6) is 2.17. The van der Waals surface area contributed by atoms with Crippen LogP contribution in [-0.4, -0.2) is 0 Å². The third-order valence-corrected chi connectivity index (χ3v) is 31.0. The highest BCUT2D eigenvalue weighted by molar-refractivity contribution is 5.89. The lowest BCUT2D eigenvalue weighted by Gasteiger charge is -2.47. The minimum absolute atomic E-state index is 0.567. The zero-order chi connectivity index (χ0) is 74.9. The second-order valence-corrected chi connectivity index (χ2v) is 39.8. The predicted octanol–water partition coefficient (Wildman–Crippen LogP) is 26.4. The van der Waals surface area contributed by atoms with Gasteiger partial charge in [-0.05, 0) is 390 Å². The van der Waals surface area contributed by atoms with Gasteiger partial charge in [0.1, 0.15) is 21.1 Å². The Balaban J connectivity index is 0.000000123. The number of hydrogen-bond acceptors (Lipinski definition) is 0. The van der Waals surface area contributed by atoms with Crippen molar-refractivity contribution in [3.63, 3.8) is 0 Å². The van der Waals surface area contributed by atoms with Gasteiger partial charge < -0.3 is 0 Å². The molecule has 0 aliphatic heterocycles. The van der Waals surface area contributed by atoms with Crippen LogP contribution >= 0.6 is 0 Å². The first kappa shape index (κ1) is 73.9. The average Bonchev–Trinajstić information content (AvgIpc) is 1.72. The fourth-order valence-electron chi connectivity index (χ4n) is 23.6. The number of fused-ring (bicyclic) bond motifs is 9. The maximum Gasteiger partial charge on any atom is 0.213 e. The van der Waals surface area contributed by atoms with Crippen molar-refractivity contribution >= 4 is 0 Å². The first-order valence-corrected chi connectivity index (χ1v) is 42.7. The predicted molar refractivity (Wildman–Crippen MR) is 449 cm³/mol. The van der Waals surface area contributed by atoms with Crippen molar-refractivity contribution in [3.05, 3.63) is 228 Å². The van der Waals surface area contributed by atoms with Gasteiger partial charge in [-0.2, -0.15) is 0 Å². The van der Waals surface area contributed by atoms with Gasteiger partial charge in [0.05, 0.1) is 16.7 Å². The number of nitrogens with zero attached hydrogens (tertiary/aromatic N) is 3. The van der Waals surface area contributed by atoms with Crippen LogP contribution in [0.4, 0.5) is 0 Å². The molecule has 0 bridgehead atoms. The molecule has 558 valence electrons. The van der Waals surface area contributed by atoms with E-state index in [0.29, 0.717) is 32.5 Å². The Morgan fingerprint density at radius 1 is 0.262 bits per heavy atom. The highest BCUT2D eigenvalue weighted by Gasteiger charge is 2.46. The summed E-state index contributed by atoms with van der Waals surface area (Å²) in [6.07, 6.45) is 44.7. The zero-order valence-electron chi connectivity index (χ0n) is 69.4. The van der Waals surface area contributed by atoms with Crippen molar-refractivity contribution in [3.8, 4) is 67.2 Å². The van der Waals surface area contributed by atoms with E-state index in [0.717, 1.165) is 37.0 Å². The standard InChI is InChI=1S/2C35H44N.C34H42N/c1-23-8-7-9-27-21-29-28(32(23)27)11-10-24(2)33(29)31-20-25(3)30(22-36(31)6)26-12-14-35(15-13-26)18-16-34(4,5)17-19-35;1-23-20-31(33-25(3)19-24(2)32-28-10-8-7-9-27(28)21-29(32)33)36(6)22-30(23)26-11-13-35(14-12-26)17-15-34(4,5)16-18-35;1-23-10-11-28-27-9-7-6-8-26(27)21-29(28)32(23)31-20-24(2)30(22-35(31)5)25-12-14-34(15-13-25)18-16-33(3,4)17-19-34/h7-11,20,22,26H,12-19,21H2,1-6H3;7-10,19-20,22,26H,11-18,21H2,1-6H3;6-11,20,22,25H,12-19,21H2,1-5H3/q3*+1. The number of benzene rings is 6. The van der Waals surface area contributed by atoms with Gasteiger partial charge in [0.2, 0.25) is 17.1 Å². The van der Waals surface area contributed by atoms with E-state index < -0.39 is 0 Å². The summed E-state index contributed by atoms with van der Waals surface area (Å²) in [6.45, 7) is 33.4. The van der Waals surface area contributed by atoms with Crippen LogP contribution in [0.2, 0.25) is 0 Å². The van der Waals surface area contributed by atoms with Crippen LogP contribution in [0.5, 0.6) is 0 Å². The average molecular weight is 1420 g/mol. The van der Waals surface area contributed by atoms with Gasteiger partial charge in [-0.1, -0.05) is 139 Å². The largest absolute Gasteiger partial charge is 0.213 e. The molecule has 6 fully saturated rings. The zero-order valence-corrected chi connectivity index (χ0v) is 69.4. The molecule has 18 rings (SSSR count). The van der Waals surface area contributed by atoms with E-state index in [9.17, 15) is 0 Å². The summed E-state index contributed by atoms with van der Waals surface area (Å²) in [5.41, 5.74) is 46.0. The first-order chi connectivity index (χ1) is 51.1. The summed E-state index contributed by atoms with van der Waals surface area (Å²) < 4.78 is 7.31. The van der Waals surface area contributed by atoms with Gasteiger partial charge in [-0.3, -0.25) is 0 Å². The molecular formula is C104H130N3+3. The number of hydrogen-bond donors (Lipinski definition) is 0. The number of aryl methyl sites for hydroxylation is 11. The first-order valence-electron chi connectivity index (χ1n) is 42.7. The molecule has 9 aromatic rings. The van der Waals surface area contributed by atoms with E-state index in [1.165, 1.54) is 299 Å². The van der Waals surface area contributed by atoms with Gasteiger partial charge in [0.25, 0.3) is 0 Å². The van der Waals surface area contributed by atoms with E-state index in [1.807, 2.05) is 0 Å². The van der Waals surface area contributed by atoms with E-state index in [1.54, 1.807) is 16.7 Å². The Hall–Kier alpha value is -7.23. The van der Waals surface area contributed by atoms with E-state index in [2.05, 4.69) is 266 Å². The SMILES string of the molecule is Cc1cc(-c2c(C)cc(C)c3c2Cc2ccccc2-3)[n+](C)cc1C1CCC2(CC1)CCC(C)(C)CC2.Cc1cc(-c2c(C)ccc3c2Cc2cccc(C)c2-3)[n+](C)cc1C1CCC2(CC1)CCC(C)(C)CC2.Cc1cc(-c2c(C)ccc3c2Cc2ccccc2-3)[n+](C)cc1C1CCC2(CC1)CCC(C)(C)CC2. The molecular weight excluding hydrogens is 1290 g/mol. The van der Waals surface area contributed by atoms with Crippen LogP contribution in [0.25, 0.3) is 67.2 Å². The monoisotopic (exact) mass is 1420 g/mol. The van der Waals surface area contributed by atoms with Gasteiger partial charge in [0, 0.05) is 34.9 Å². The van der Waals surface area contributed by atoms with Crippen LogP contribution < -0.4 is 13.7 Å². The van der Waals surface area contributed by atoms with Crippen molar-refractivity contribution in [2.75, 3.05) is 0 Å². The van der Waals surface area contributed by atoms with E-state index in [-0.39, 0.29) is 0 Å². The van der Waals surface area contributed by atoms with Crippen LogP contribution in [0.15, 0.2) is 134 Å². The Kier molecular flexibility index (Phi) is 19.5. The summed E-state index contributed by atoms with van der Waals surface area (Å²) in [6, 6.07) is 44.0. The van der Waals surface area contributed by atoms with Crippen molar-refractivity contribution in [1.29, 1.82) is 0 Å². The van der Waals surface area contributed by atoms with Crippen LogP contribution in [0.3, 0.4) is 0 Å². The maximum absolute atomic E-state index is 2.50. The molecule has 9 aliphatic rings. The van der Waals surface area contributed by atoms with Crippen molar-refractivity contribution in [2.45, 2.75) is 288 Å². The van der Waals surface area contributed by atoms with Crippen LogP contribution in [0.1, 0.15) is 308 Å². The van der Waals surface area contributed by atoms with E-state index in [4.69, 9.17) is 0 Å². The van der Waals surface area contributed by atoms with Crippen LogP contribution in [-0.2, 0) is 40.4 Å². The molecule has 3 heteroatoms. The molecule has 3 nitrogen and oxygen atoms in total. The van der Waals surface area contributed by atoms with Crippen molar-refractivity contribution in [1.82, 2.24) is 0 Å². The normalized spacial score (nSPS) is 20.5. The Bertz CT molecular complexity index is 4900. The quantitative estimate of drug-likeness (QED) is 0.147. The molecule has 6 saturated carbocycles. The molecule has 0 amide bonds. The molecule has 107 heavy (non-hydrogen) atoms. The lowest BCUT2D eigenvalue weighted by Crippen LogP contribution is -2.36. The molecule has 3 aromatic heterocycles. The molecule has 3 heterocycles. The minimum atomic E-state index is 0.567. The maximum atomic E-state index is 2.50. The molecule has 0 N–H and O–H groups in total. The third-order valence-electron chi connectivity index (χ3n) is 31.0. The lowest BCUT2D eigenvalue weighted by molar-refractivity contribution is -0.661. The van der Waals surface area contributed by atoms with Crippen LogP contribution in [0, 0.1) is 87.9 Å². The molecule has 0 saturated heterocycles. The Morgan fingerprint density at radius 3 is 1.02 bits per heavy atom. The fourth-order valence-corrected chi connectivity index (χ4v) is 23.6. The molecule has 0 unspecified atom stereocenters. The van der Waals surface area contributed by atoms with Crippen molar-refractivity contribution in [2.24, 2.45) is 53.6 Å². The highest BCUT2D eigenvalue weighted by atomic mass is 14.9.